The molecular formula is C23H29N5O2. The van der Waals surface area contributed by atoms with Crippen LogP contribution in [0.5, 0.6) is 0 Å². The van der Waals surface area contributed by atoms with Crippen LogP contribution in [0, 0.1) is 13.8 Å². The molecule has 1 amide bonds. The molecule has 1 fully saturated rings. The van der Waals surface area contributed by atoms with Crippen LogP contribution in [0.15, 0.2) is 30.3 Å². The summed E-state index contributed by atoms with van der Waals surface area (Å²) >= 11 is 0. The first-order valence-electron chi connectivity index (χ1n) is 10.4. The van der Waals surface area contributed by atoms with E-state index < -0.39 is 5.91 Å². The number of pyridine rings is 1. The van der Waals surface area contributed by atoms with E-state index in [4.69, 9.17) is 20.6 Å². The van der Waals surface area contributed by atoms with E-state index in [1.807, 2.05) is 24.3 Å². The Kier molecular flexibility index (Phi) is 5.58. The largest absolute Gasteiger partial charge is 0.369 e. The van der Waals surface area contributed by atoms with Gasteiger partial charge in [0.15, 0.2) is 0 Å². The number of rotatable bonds is 5. The number of amides is 1. The van der Waals surface area contributed by atoms with Gasteiger partial charge in [0.25, 0.3) is 0 Å². The third kappa shape index (κ3) is 3.82. The number of nitrogens with zero attached hydrogens (tertiary/aromatic N) is 4. The van der Waals surface area contributed by atoms with Gasteiger partial charge in [-0.1, -0.05) is 18.2 Å². The Morgan fingerprint density at radius 1 is 1.30 bits per heavy atom. The molecule has 1 saturated heterocycles. The number of primary amides is 1. The fourth-order valence-corrected chi connectivity index (χ4v) is 4.24. The van der Waals surface area contributed by atoms with Gasteiger partial charge in [-0.05, 0) is 39.8 Å². The van der Waals surface area contributed by atoms with Crippen molar-refractivity contribution in [2.24, 2.45) is 5.73 Å². The van der Waals surface area contributed by atoms with Crippen molar-refractivity contribution in [1.82, 2.24) is 19.7 Å². The average molecular weight is 408 g/mol. The number of benzene rings is 1. The number of aryl methyl sites for hydroxylation is 1. The number of carbonyl (C=O) groups is 1. The number of aromatic nitrogens is 3. The fraction of sp³-hybridized carbons (Fsp3) is 0.435. The van der Waals surface area contributed by atoms with E-state index in [1.54, 1.807) is 6.07 Å². The van der Waals surface area contributed by atoms with Crippen LogP contribution in [-0.4, -0.2) is 45.3 Å². The van der Waals surface area contributed by atoms with E-state index in [0.29, 0.717) is 24.8 Å². The molecule has 0 radical (unpaired) electrons. The van der Waals surface area contributed by atoms with Gasteiger partial charge in [0, 0.05) is 42.3 Å². The first kappa shape index (κ1) is 20.5. The number of para-hydroxylation sites is 1. The first-order valence-corrected chi connectivity index (χ1v) is 10.4. The number of hydrogen-bond acceptors (Lipinski definition) is 5. The molecule has 0 bridgehead atoms. The highest BCUT2D eigenvalue weighted by Gasteiger charge is 2.26. The summed E-state index contributed by atoms with van der Waals surface area (Å²) in [7, 11) is 0. The predicted molar refractivity (Wildman–Crippen MR) is 116 cm³/mol. The van der Waals surface area contributed by atoms with Crippen molar-refractivity contribution in [3.63, 3.8) is 0 Å². The van der Waals surface area contributed by atoms with Crippen LogP contribution >= 0.6 is 0 Å². The Hall–Kier alpha value is -2.77. The highest BCUT2D eigenvalue weighted by atomic mass is 16.5. The van der Waals surface area contributed by atoms with E-state index in [2.05, 4.69) is 37.3 Å². The van der Waals surface area contributed by atoms with E-state index in [1.165, 1.54) is 11.3 Å². The maximum Gasteiger partial charge on any atom is 0.249 e. The van der Waals surface area contributed by atoms with Gasteiger partial charge < -0.3 is 10.5 Å². The van der Waals surface area contributed by atoms with Crippen molar-refractivity contribution in [2.75, 3.05) is 19.7 Å². The molecule has 3 aromatic rings. The molecule has 158 valence electrons. The SMILES string of the molecule is Cc1nn(C(C)C)c(C)c1CN1CCO[C@@H](c2cc(C(N)=O)c3ccccc3n2)C1. The Labute approximate surface area is 176 Å². The normalized spacial score (nSPS) is 17.7. The van der Waals surface area contributed by atoms with Gasteiger partial charge in [-0.2, -0.15) is 5.10 Å². The zero-order chi connectivity index (χ0) is 21.4. The second kappa shape index (κ2) is 8.16. The van der Waals surface area contributed by atoms with Crippen molar-refractivity contribution in [1.29, 1.82) is 0 Å². The zero-order valence-electron chi connectivity index (χ0n) is 18.1. The number of ether oxygens (including phenoxy) is 1. The molecule has 7 heteroatoms. The van der Waals surface area contributed by atoms with Gasteiger partial charge in [0.2, 0.25) is 5.91 Å². The lowest BCUT2D eigenvalue weighted by atomic mass is 10.0. The Balaban J connectivity index is 1.60. The van der Waals surface area contributed by atoms with Gasteiger partial charge in [-0.25, -0.2) is 4.98 Å². The van der Waals surface area contributed by atoms with E-state index >= 15 is 0 Å². The molecule has 1 atom stereocenters. The van der Waals surface area contributed by atoms with Crippen LogP contribution < -0.4 is 5.73 Å². The van der Waals surface area contributed by atoms with Crippen LogP contribution in [0.1, 0.15) is 59.0 Å². The number of nitrogens with two attached hydrogens (primary N) is 1. The number of fused-ring (bicyclic) bond motifs is 1. The molecule has 2 N–H and O–H groups in total. The van der Waals surface area contributed by atoms with E-state index in [-0.39, 0.29) is 6.10 Å². The molecule has 30 heavy (non-hydrogen) atoms. The third-order valence-electron chi connectivity index (χ3n) is 5.83. The lowest BCUT2D eigenvalue weighted by Gasteiger charge is -2.33. The maximum absolute atomic E-state index is 12.0. The summed E-state index contributed by atoms with van der Waals surface area (Å²) in [5, 5.41) is 5.48. The quantitative estimate of drug-likeness (QED) is 0.701. The van der Waals surface area contributed by atoms with Crippen molar-refractivity contribution in [2.45, 2.75) is 46.4 Å². The minimum absolute atomic E-state index is 0.206. The Morgan fingerprint density at radius 3 is 2.77 bits per heavy atom. The number of carbonyl (C=O) groups excluding carboxylic acids is 1. The monoisotopic (exact) mass is 407 g/mol. The van der Waals surface area contributed by atoms with Gasteiger partial charge >= 0.3 is 0 Å². The third-order valence-corrected chi connectivity index (χ3v) is 5.83. The smallest absolute Gasteiger partial charge is 0.249 e. The van der Waals surface area contributed by atoms with Gasteiger partial charge in [0.05, 0.1) is 29.1 Å². The highest BCUT2D eigenvalue weighted by Crippen LogP contribution is 2.27. The summed E-state index contributed by atoms with van der Waals surface area (Å²) < 4.78 is 8.13. The average Bonchev–Trinajstić information content (AvgIpc) is 3.01. The number of morpholine rings is 1. The van der Waals surface area contributed by atoms with Crippen LogP contribution in [0.2, 0.25) is 0 Å². The lowest BCUT2D eigenvalue weighted by Crippen LogP contribution is -2.38. The van der Waals surface area contributed by atoms with Gasteiger partial charge in [-0.3, -0.25) is 14.4 Å². The zero-order valence-corrected chi connectivity index (χ0v) is 18.1. The van der Waals surface area contributed by atoms with Crippen molar-refractivity contribution >= 4 is 16.8 Å². The minimum Gasteiger partial charge on any atom is -0.369 e. The Morgan fingerprint density at radius 2 is 2.07 bits per heavy atom. The van der Waals surface area contributed by atoms with Crippen molar-refractivity contribution < 1.29 is 9.53 Å². The van der Waals surface area contributed by atoms with E-state index in [9.17, 15) is 4.79 Å². The molecule has 1 aliphatic heterocycles. The van der Waals surface area contributed by atoms with Crippen LogP contribution in [0.25, 0.3) is 10.9 Å². The van der Waals surface area contributed by atoms with Crippen LogP contribution in [0.3, 0.4) is 0 Å². The van der Waals surface area contributed by atoms with Crippen molar-refractivity contribution in [3.05, 3.63) is 58.5 Å². The summed E-state index contributed by atoms with van der Waals surface area (Å²) in [6, 6.07) is 9.69. The standard InChI is InChI=1S/C23H29N5O2/c1-14(2)28-16(4)19(15(3)26-28)12-27-9-10-30-22(13-27)21-11-18(23(24)29)17-7-5-6-8-20(17)25-21/h5-8,11,14,22H,9-10,12-13H2,1-4H3,(H2,24,29)/t22-/m1/s1. The fourth-order valence-electron chi connectivity index (χ4n) is 4.24. The summed E-state index contributed by atoms with van der Waals surface area (Å²) in [6.45, 7) is 11.5. The summed E-state index contributed by atoms with van der Waals surface area (Å²) in [4.78, 5) is 19.2. The molecule has 0 aliphatic carbocycles. The van der Waals surface area contributed by atoms with Crippen LogP contribution in [0.4, 0.5) is 0 Å². The van der Waals surface area contributed by atoms with Crippen molar-refractivity contribution in [3.8, 4) is 0 Å². The molecule has 7 nitrogen and oxygen atoms in total. The van der Waals surface area contributed by atoms with Gasteiger partial charge in [0.1, 0.15) is 6.10 Å². The topological polar surface area (TPSA) is 86.3 Å². The maximum atomic E-state index is 12.0. The molecule has 0 unspecified atom stereocenters. The Bertz CT molecular complexity index is 1090. The molecule has 3 heterocycles. The lowest BCUT2D eigenvalue weighted by molar-refractivity contribution is -0.0349. The van der Waals surface area contributed by atoms with Crippen LogP contribution in [-0.2, 0) is 11.3 Å². The molecule has 2 aromatic heterocycles. The molecule has 0 saturated carbocycles. The number of hydrogen-bond donors (Lipinski definition) is 1. The molecule has 4 rings (SSSR count). The molecular weight excluding hydrogens is 378 g/mol. The molecule has 0 spiro atoms. The first-order chi connectivity index (χ1) is 14.3. The second-order valence-corrected chi connectivity index (χ2v) is 8.26. The second-order valence-electron chi connectivity index (χ2n) is 8.26. The highest BCUT2D eigenvalue weighted by molar-refractivity contribution is 6.05. The predicted octanol–water partition coefficient (Wildman–Crippen LogP) is 3.30. The summed E-state index contributed by atoms with van der Waals surface area (Å²) in [6.07, 6.45) is -0.206. The molecule has 1 aliphatic rings. The molecule has 1 aromatic carbocycles. The summed E-state index contributed by atoms with van der Waals surface area (Å²) in [5.74, 6) is -0.449. The van der Waals surface area contributed by atoms with Gasteiger partial charge in [-0.15, -0.1) is 0 Å². The minimum atomic E-state index is -0.449. The van der Waals surface area contributed by atoms with E-state index in [0.717, 1.165) is 35.4 Å². The summed E-state index contributed by atoms with van der Waals surface area (Å²) in [5.41, 5.74) is 11.2.